The average molecular weight is 494 g/mol. The maximum atomic E-state index is 12.8. The van der Waals surface area contributed by atoms with Crippen molar-refractivity contribution in [3.8, 4) is 0 Å². The molecule has 7 nitrogen and oxygen atoms in total. The number of carbonyl (C=O) groups is 2. The highest BCUT2D eigenvalue weighted by Crippen LogP contribution is 2.52. The van der Waals surface area contributed by atoms with Crippen LogP contribution < -0.4 is 0 Å². The fraction of sp³-hybridized carbons (Fsp3) is 0.524. The molecule has 1 aromatic rings. The second-order valence-corrected chi connectivity index (χ2v) is 11.4. The van der Waals surface area contributed by atoms with Crippen molar-refractivity contribution in [3.63, 3.8) is 0 Å². The number of hydrogen-bond acceptors (Lipinski definition) is 5. The summed E-state index contributed by atoms with van der Waals surface area (Å²) in [6.07, 6.45) is 5.15. The summed E-state index contributed by atoms with van der Waals surface area (Å²) in [4.78, 5) is 29.5. The number of imide groups is 1. The van der Waals surface area contributed by atoms with E-state index in [1.54, 1.807) is 24.3 Å². The van der Waals surface area contributed by atoms with Gasteiger partial charge < -0.3 is 0 Å². The van der Waals surface area contributed by atoms with E-state index in [1.807, 2.05) is 0 Å². The quantitative estimate of drug-likeness (QED) is 0.459. The van der Waals surface area contributed by atoms with Crippen LogP contribution in [0.4, 0.5) is 0 Å². The second-order valence-electron chi connectivity index (χ2n) is 8.53. The molecule has 4 unspecified atom stereocenters. The number of benzene rings is 1. The van der Waals surface area contributed by atoms with E-state index in [-0.39, 0.29) is 35.5 Å². The molecule has 3 fully saturated rings. The predicted molar refractivity (Wildman–Crippen MR) is 114 cm³/mol. The SMILES string of the molecule is O=C1C2C3C=CC(C3)C2C(=O)N1CCN1CCN(S(=O)(=O)c2ccc(Br)cc2)CC1. The smallest absolute Gasteiger partial charge is 0.243 e. The molecular weight excluding hydrogens is 470 g/mol. The Morgan fingerprint density at radius 2 is 1.43 bits per heavy atom. The van der Waals surface area contributed by atoms with Crippen molar-refractivity contribution >= 4 is 37.8 Å². The Morgan fingerprint density at radius 1 is 0.867 bits per heavy atom. The minimum Gasteiger partial charge on any atom is -0.299 e. The molecule has 2 amide bonds. The maximum Gasteiger partial charge on any atom is 0.243 e. The Morgan fingerprint density at radius 3 is 2.00 bits per heavy atom. The molecule has 2 heterocycles. The number of carbonyl (C=O) groups excluding carboxylic acids is 2. The molecule has 160 valence electrons. The standard InChI is InChI=1S/C21H24BrN3O4S/c22-16-3-5-17(6-4-16)30(28,29)24-10-7-23(8-11-24)9-12-25-20(26)18-14-1-2-15(13-14)19(18)21(25)27/h1-6,14-15,18-19H,7-13H2. The maximum absolute atomic E-state index is 12.8. The van der Waals surface area contributed by atoms with Crippen LogP contribution in [0.15, 0.2) is 45.8 Å². The van der Waals surface area contributed by atoms with E-state index in [2.05, 4.69) is 33.0 Å². The van der Waals surface area contributed by atoms with Crippen molar-refractivity contribution in [3.05, 3.63) is 40.9 Å². The summed E-state index contributed by atoms with van der Waals surface area (Å²) >= 11 is 3.32. The summed E-state index contributed by atoms with van der Waals surface area (Å²) in [7, 11) is -3.51. The molecule has 2 saturated heterocycles. The Bertz CT molecular complexity index is 972. The molecule has 2 bridgehead atoms. The van der Waals surface area contributed by atoms with E-state index in [1.165, 1.54) is 9.21 Å². The number of nitrogens with zero attached hydrogens (tertiary/aromatic N) is 3. The third-order valence-electron chi connectivity index (χ3n) is 6.98. The average Bonchev–Trinajstić information content (AvgIpc) is 3.42. The van der Waals surface area contributed by atoms with Gasteiger partial charge in [-0.3, -0.25) is 19.4 Å². The van der Waals surface area contributed by atoms with Gasteiger partial charge in [-0.2, -0.15) is 4.31 Å². The molecule has 1 saturated carbocycles. The minimum atomic E-state index is -3.51. The van der Waals surface area contributed by atoms with Gasteiger partial charge in [0.15, 0.2) is 0 Å². The third kappa shape index (κ3) is 3.26. The van der Waals surface area contributed by atoms with Gasteiger partial charge in [0.05, 0.1) is 16.7 Å². The van der Waals surface area contributed by atoms with Crippen molar-refractivity contribution in [2.45, 2.75) is 11.3 Å². The van der Waals surface area contributed by atoms with Crippen LogP contribution in [0.3, 0.4) is 0 Å². The second kappa shape index (κ2) is 7.55. The van der Waals surface area contributed by atoms with E-state index in [0.717, 1.165) is 10.9 Å². The number of fused-ring (bicyclic) bond motifs is 5. The summed E-state index contributed by atoms with van der Waals surface area (Å²) in [5, 5.41) is 0. The number of sulfonamides is 1. The molecule has 4 aliphatic rings. The first-order valence-electron chi connectivity index (χ1n) is 10.4. The fourth-order valence-electron chi connectivity index (χ4n) is 5.38. The number of allylic oxidation sites excluding steroid dienone is 2. The van der Waals surface area contributed by atoms with Crippen LogP contribution in [0.2, 0.25) is 0 Å². The summed E-state index contributed by atoms with van der Waals surface area (Å²) in [6.45, 7) is 2.96. The van der Waals surface area contributed by atoms with Gasteiger partial charge in [0.25, 0.3) is 0 Å². The van der Waals surface area contributed by atoms with Gasteiger partial charge in [0.2, 0.25) is 21.8 Å². The number of halogens is 1. The number of piperazine rings is 1. The van der Waals surface area contributed by atoms with E-state index in [4.69, 9.17) is 0 Å². The molecular formula is C21H24BrN3O4S. The number of hydrogen-bond donors (Lipinski definition) is 0. The van der Waals surface area contributed by atoms with Crippen LogP contribution in [0, 0.1) is 23.7 Å². The first-order chi connectivity index (χ1) is 14.4. The lowest BCUT2D eigenvalue weighted by Gasteiger charge is -2.34. The summed E-state index contributed by atoms with van der Waals surface area (Å²) in [5.74, 6) is 0.125. The molecule has 4 atom stereocenters. The van der Waals surface area contributed by atoms with Gasteiger partial charge in [0, 0.05) is 43.7 Å². The van der Waals surface area contributed by atoms with Crippen LogP contribution in [0.1, 0.15) is 6.42 Å². The lowest BCUT2D eigenvalue weighted by atomic mass is 9.85. The molecule has 0 spiro atoms. The topological polar surface area (TPSA) is 78.0 Å². The van der Waals surface area contributed by atoms with Crippen LogP contribution >= 0.6 is 15.9 Å². The van der Waals surface area contributed by atoms with Gasteiger partial charge in [-0.05, 0) is 42.5 Å². The van der Waals surface area contributed by atoms with Crippen LogP contribution in [0.25, 0.3) is 0 Å². The van der Waals surface area contributed by atoms with E-state index >= 15 is 0 Å². The molecule has 30 heavy (non-hydrogen) atoms. The zero-order valence-electron chi connectivity index (χ0n) is 16.5. The van der Waals surface area contributed by atoms with Gasteiger partial charge in [-0.25, -0.2) is 8.42 Å². The van der Waals surface area contributed by atoms with Crippen molar-refractivity contribution < 1.29 is 18.0 Å². The summed E-state index contributed by atoms with van der Waals surface area (Å²) < 4.78 is 28.0. The lowest BCUT2D eigenvalue weighted by molar-refractivity contribution is -0.140. The van der Waals surface area contributed by atoms with E-state index in [9.17, 15) is 18.0 Å². The van der Waals surface area contributed by atoms with Gasteiger partial charge in [-0.15, -0.1) is 0 Å². The zero-order chi connectivity index (χ0) is 21.0. The minimum absolute atomic E-state index is 0.0155. The Labute approximate surface area is 184 Å². The molecule has 0 radical (unpaired) electrons. The summed E-state index contributed by atoms with van der Waals surface area (Å²) in [5.41, 5.74) is 0. The van der Waals surface area contributed by atoms with Gasteiger partial charge >= 0.3 is 0 Å². The number of likely N-dealkylation sites (tertiary alicyclic amines) is 1. The van der Waals surface area contributed by atoms with E-state index < -0.39 is 10.0 Å². The highest BCUT2D eigenvalue weighted by Gasteiger charge is 2.59. The third-order valence-corrected chi connectivity index (χ3v) is 9.43. The first-order valence-corrected chi connectivity index (χ1v) is 12.6. The van der Waals surface area contributed by atoms with Crippen molar-refractivity contribution in [1.82, 2.24) is 14.1 Å². The largest absolute Gasteiger partial charge is 0.299 e. The monoisotopic (exact) mass is 493 g/mol. The number of rotatable bonds is 5. The van der Waals surface area contributed by atoms with Crippen molar-refractivity contribution in [2.24, 2.45) is 23.7 Å². The lowest BCUT2D eigenvalue weighted by Crippen LogP contribution is -2.50. The number of amides is 2. The zero-order valence-corrected chi connectivity index (χ0v) is 18.9. The first kappa shape index (κ1) is 20.4. The predicted octanol–water partition coefficient (Wildman–Crippen LogP) is 1.56. The molecule has 2 aliphatic carbocycles. The Hall–Kier alpha value is -1.55. The molecule has 5 rings (SSSR count). The Balaban J connectivity index is 1.16. The Kier molecular flexibility index (Phi) is 5.12. The van der Waals surface area contributed by atoms with Crippen molar-refractivity contribution in [2.75, 3.05) is 39.3 Å². The van der Waals surface area contributed by atoms with Gasteiger partial charge in [0.1, 0.15) is 0 Å². The molecule has 0 aromatic heterocycles. The van der Waals surface area contributed by atoms with E-state index in [0.29, 0.717) is 44.2 Å². The molecule has 2 aliphatic heterocycles. The molecule has 1 aromatic carbocycles. The van der Waals surface area contributed by atoms with Gasteiger partial charge in [-0.1, -0.05) is 28.1 Å². The summed E-state index contributed by atoms with van der Waals surface area (Å²) in [6, 6.07) is 6.67. The van der Waals surface area contributed by atoms with Crippen molar-refractivity contribution in [1.29, 1.82) is 0 Å². The molecule has 0 N–H and O–H groups in total. The molecule has 9 heteroatoms. The fourth-order valence-corrected chi connectivity index (χ4v) is 7.06. The highest BCUT2D eigenvalue weighted by atomic mass is 79.9. The van der Waals surface area contributed by atoms with Crippen LogP contribution in [0.5, 0.6) is 0 Å². The highest BCUT2D eigenvalue weighted by molar-refractivity contribution is 9.10. The van der Waals surface area contributed by atoms with Crippen LogP contribution in [-0.4, -0.2) is 73.6 Å². The normalized spacial score (nSPS) is 31.7. The van der Waals surface area contributed by atoms with Crippen LogP contribution in [-0.2, 0) is 19.6 Å².